The number of fused-ring (bicyclic) bond motifs is 2. The van der Waals surface area contributed by atoms with Crippen molar-refractivity contribution in [2.75, 3.05) is 19.8 Å². The summed E-state index contributed by atoms with van der Waals surface area (Å²) in [5.41, 5.74) is 11.1. The molecule has 0 radical (unpaired) electrons. The molecule has 2 fully saturated rings. The van der Waals surface area contributed by atoms with Crippen molar-refractivity contribution in [2.45, 2.75) is 69.3 Å². The third-order valence-corrected chi connectivity index (χ3v) is 10.7. The molecule has 5 aliphatic rings. The molecule has 2 spiro atoms. The number of likely N-dealkylation sites (N-methyl/N-ethyl adjacent to an activating group) is 1. The van der Waals surface area contributed by atoms with E-state index in [4.69, 9.17) is 10.5 Å². The van der Waals surface area contributed by atoms with Crippen LogP contribution in [0, 0.1) is 17.3 Å². The molecule has 3 N–H and O–H groups in total. The zero-order valence-corrected chi connectivity index (χ0v) is 21.8. The molecule has 1 aromatic carbocycles. The number of hydrogen-bond acceptors (Lipinski definition) is 5. The fraction of sp³-hybridized carbons (Fsp3) is 0.516. The zero-order chi connectivity index (χ0) is 25.0. The molecule has 1 saturated heterocycles. The lowest BCUT2D eigenvalue weighted by Crippen LogP contribution is -2.58. The van der Waals surface area contributed by atoms with E-state index in [-0.39, 0.29) is 28.8 Å². The molecule has 1 saturated carbocycles. The topological polar surface area (TPSA) is 71.6 Å². The maximum Gasteiger partial charge on any atom is 0.131 e. The Morgan fingerprint density at radius 1 is 1.19 bits per heavy atom. The first kappa shape index (κ1) is 22.7. The van der Waals surface area contributed by atoms with Crippen LogP contribution in [-0.2, 0) is 4.74 Å². The standard InChI is InChI=1S/C31H37N3O2/c1-18-13-22-15-21-16-26(35)25(34(3)4)17-30(21)10-11-31(22,36-30)27-8-7-24(29(18,27)2)20-5-6-23-19(14-20)9-12-33-28(23)32/h5-7,9,12-15,18,25-27,35H,8,10-11,16-17H2,1-4H3,(H2,32,33)/t18?,25-,26?,27?,29?,30+,31+/m0/s1. The van der Waals surface area contributed by atoms with Crippen molar-refractivity contribution >= 4 is 22.2 Å². The number of nitrogens with two attached hydrogens (primary N) is 1. The second-order valence-electron chi connectivity index (χ2n) is 12.4. The summed E-state index contributed by atoms with van der Waals surface area (Å²) >= 11 is 0. The predicted molar refractivity (Wildman–Crippen MR) is 144 cm³/mol. The van der Waals surface area contributed by atoms with Crippen LogP contribution in [0.1, 0.15) is 51.5 Å². The average molecular weight is 484 g/mol. The summed E-state index contributed by atoms with van der Waals surface area (Å²) in [7, 11) is 4.16. The summed E-state index contributed by atoms with van der Waals surface area (Å²) in [5, 5.41) is 13.1. The molecule has 2 aliphatic heterocycles. The summed E-state index contributed by atoms with van der Waals surface area (Å²) in [6.45, 7) is 4.84. The Morgan fingerprint density at radius 3 is 2.83 bits per heavy atom. The average Bonchev–Trinajstić information content (AvgIpc) is 3.37. The van der Waals surface area contributed by atoms with Crippen molar-refractivity contribution in [3.8, 4) is 0 Å². The largest absolute Gasteiger partial charge is 0.391 e. The van der Waals surface area contributed by atoms with Gasteiger partial charge in [-0.15, -0.1) is 0 Å². The number of ether oxygens (including phenoxy) is 1. The van der Waals surface area contributed by atoms with Crippen LogP contribution in [0.5, 0.6) is 0 Å². The minimum Gasteiger partial charge on any atom is -0.391 e. The number of nitrogens with zero attached hydrogens (tertiary/aromatic N) is 2. The van der Waals surface area contributed by atoms with Gasteiger partial charge in [0.05, 0.1) is 17.3 Å². The van der Waals surface area contributed by atoms with E-state index in [1.807, 2.05) is 0 Å². The van der Waals surface area contributed by atoms with Crippen LogP contribution >= 0.6 is 0 Å². The predicted octanol–water partition coefficient (Wildman–Crippen LogP) is 5.12. The van der Waals surface area contributed by atoms with Gasteiger partial charge in [0.25, 0.3) is 0 Å². The van der Waals surface area contributed by atoms with Crippen LogP contribution in [0.4, 0.5) is 5.82 Å². The van der Waals surface area contributed by atoms with E-state index in [0.29, 0.717) is 24.1 Å². The Bertz CT molecular complexity index is 1380. The van der Waals surface area contributed by atoms with Gasteiger partial charge in [0.1, 0.15) is 5.82 Å². The second kappa shape index (κ2) is 7.31. The number of rotatable bonds is 2. The van der Waals surface area contributed by atoms with Gasteiger partial charge in [-0.05, 0) is 91.9 Å². The number of hydrogen-bond donors (Lipinski definition) is 2. The molecule has 3 heterocycles. The van der Waals surface area contributed by atoms with E-state index in [1.54, 1.807) is 6.20 Å². The number of nitrogen functional groups attached to an aromatic ring is 1. The summed E-state index contributed by atoms with van der Waals surface area (Å²) in [4.78, 5) is 6.44. The van der Waals surface area contributed by atoms with E-state index in [9.17, 15) is 5.11 Å². The lowest BCUT2D eigenvalue weighted by atomic mass is 9.54. The van der Waals surface area contributed by atoms with Gasteiger partial charge >= 0.3 is 0 Å². The van der Waals surface area contributed by atoms with Crippen molar-refractivity contribution < 1.29 is 9.84 Å². The minimum absolute atomic E-state index is 0.0121. The fourth-order valence-corrected chi connectivity index (χ4v) is 8.59. The summed E-state index contributed by atoms with van der Waals surface area (Å²) in [5.74, 6) is 1.37. The number of aromatic nitrogens is 1. The number of aliphatic hydroxyl groups excluding tert-OH is 1. The Hall–Kier alpha value is -2.47. The number of benzene rings is 1. The van der Waals surface area contributed by atoms with Crippen molar-refractivity contribution in [2.24, 2.45) is 17.3 Å². The van der Waals surface area contributed by atoms with Gasteiger partial charge in [0.15, 0.2) is 0 Å². The molecule has 0 amide bonds. The molecule has 5 heteroatoms. The maximum absolute atomic E-state index is 10.9. The second-order valence-corrected chi connectivity index (χ2v) is 12.4. The molecular formula is C31H37N3O2. The van der Waals surface area contributed by atoms with Gasteiger partial charge in [-0.1, -0.05) is 44.2 Å². The van der Waals surface area contributed by atoms with Gasteiger partial charge in [-0.2, -0.15) is 0 Å². The normalized spacial score (nSPS) is 40.9. The monoisotopic (exact) mass is 483 g/mol. The van der Waals surface area contributed by atoms with Crippen molar-refractivity contribution in [1.29, 1.82) is 0 Å². The van der Waals surface area contributed by atoms with Crippen LogP contribution in [0.25, 0.3) is 16.3 Å². The van der Waals surface area contributed by atoms with Crippen molar-refractivity contribution in [1.82, 2.24) is 9.88 Å². The molecule has 7 atom stereocenters. The summed E-state index contributed by atoms with van der Waals surface area (Å²) < 4.78 is 7.37. The van der Waals surface area contributed by atoms with Gasteiger partial charge in [-0.3, -0.25) is 0 Å². The molecule has 3 aliphatic carbocycles. The maximum atomic E-state index is 10.9. The smallest absolute Gasteiger partial charge is 0.131 e. The SMILES string of the molecule is CC1C=C2C=C3CC(O)[C@@H](N(C)C)C[C@]34CC[C@]2(O4)C2CC=C(c3ccc4c(N)nccc4c3)C12C. The highest BCUT2D eigenvalue weighted by atomic mass is 16.5. The lowest BCUT2D eigenvalue weighted by Gasteiger charge is -2.56. The number of pyridine rings is 1. The van der Waals surface area contributed by atoms with Crippen LogP contribution < -0.4 is 5.73 Å². The third-order valence-electron chi connectivity index (χ3n) is 10.7. The lowest BCUT2D eigenvalue weighted by molar-refractivity contribution is -0.148. The number of aliphatic hydroxyl groups is 1. The first-order valence-electron chi connectivity index (χ1n) is 13.5. The zero-order valence-electron chi connectivity index (χ0n) is 21.8. The first-order chi connectivity index (χ1) is 17.2. The van der Waals surface area contributed by atoms with Gasteiger partial charge in [0.2, 0.25) is 0 Å². The Balaban J connectivity index is 1.31. The summed E-state index contributed by atoms with van der Waals surface area (Å²) in [6.07, 6.45) is 13.6. The van der Waals surface area contributed by atoms with Crippen molar-refractivity contribution in [3.05, 3.63) is 65.4 Å². The molecule has 5 nitrogen and oxygen atoms in total. The van der Waals surface area contributed by atoms with Gasteiger partial charge < -0.3 is 20.5 Å². The third kappa shape index (κ3) is 2.74. The van der Waals surface area contributed by atoms with Crippen LogP contribution in [0.15, 0.2) is 59.8 Å². The minimum atomic E-state index is -0.336. The molecule has 188 valence electrons. The Labute approximate surface area is 213 Å². The summed E-state index contributed by atoms with van der Waals surface area (Å²) in [6, 6.07) is 8.83. The molecule has 4 unspecified atom stereocenters. The number of allylic oxidation sites excluding steroid dienone is 3. The fourth-order valence-electron chi connectivity index (χ4n) is 8.59. The quantitative estimate of drug-likeness (QED) is 0.621. The van der Waals surface area contributed by atoms with E-state index in [2.05, 4.69) is 80.3 Å². The highest BCUT2D eigenvalue weighted by molar-refractivity contribution is 5.93. The van der Waals surface area contributed by atoms with Crippen LogP contribution in [-0.4, -0.2) is 52.4 Å². The molecule has 2 aromatic rings. The van der Waals surface area contributed by atoms with E-state index in [0.717, 1.165) is 36.5 Å². The van der Waals surface area contributed by atoms with E-state index < -0.39 is 0 Å². The Morgan fingerprint density at radius 2 is 2.03 bits per heavy atom. The molecule has 36 heavy (non-hydrogen) atoms. The highest BCUT2D eigenvalue weighted by Crippen LogP contribution is 2.69. The van der Waals surface area contributed by atoms with Gasteiger partial charge in [-0.25, -0.2) is 4.98 Å². The van der Waals surface area contributed by atoms with Crippen LogP contribution in [0.3, 0.4) is 0 Å². The van der Waals surface area contributed by atoms with E-state index >= 15 is 0 Å². The van der Waals surface area contributed by atoms with Crippen molar-refractivity contribution in [3.63, 3.8) is 0 Å². The molecular weight excluding hydrogens is 446 g/mol. The van der Waals surface area contributed by atoms with E-state index in [1.165, 1.54) is 22.3 Å². The molecule has 7 rings (SSSR count). The Kier molecular flexibility index (Phi) is 4.61. The molecule has 2 bridgehead atoms. The molecule has 1 aromatic heterocycles. The highest BCUT2D eigenvalue weighted by Gasteiger charge is 2.67. The number of anilines is 1. The van der Waals surface area contributed by atoms with Crippen LogP contribution in [0.2, 0.25) is 0 Å². The van der Waals surface area contributed by atoms with Gasteiger partial charge in [0, 0.05) is 29.0 Å². The first-order valence-corrected chi connectivity index (χ1v) is 13.5.